The maximum atomic E-state index is 6.36. The molecule has 280 valence electrons. The van der Waals surface area contributed by atoms with Gasteiger partial charge >= 0.3 is 0 Å². The van der Waals surface area contributed by atoms with Gasteiger partial charge in [0.25, 0.3) is 0 Å². The van der Waals surface area contributed by atoms with Crippen molar-refractivity contribution in [2.24, 2.45) is 0 Å². The molecule has 4 aliphatic heterocycles. The predicted octanol–water partition coefficient (Wildman–Crippen LogP) is 6.62. The molecular formula is C41H49N5O5S2. The lowest BCUT2D eigenvalue weighted by molar-refractivity contribution is 0.0292. The van der Waals surface area contributed by atoms with Crippen LogP contribution >= 0.6 is 23.5 Å². The van der Waals surface area contributed by atoms with Crippen LogP contribution in [0.3, 0.4) is 0 Å². The molecule has 5 heterocycles. The van der Waals surface area contributed by atoms with E-state index in [0.717, 1.165) is 113 Å². The highest BCUT2D eigenvalue weighted by Gasteiger charge is 2.25. The Labute approximate surface area is 321 Å². The normalized spacial score (nSPS) is 18.5. The monoisotopic (exact) mass is 755 g/mol. The number of aromatic nitrogens is 1. The summed E-state index contributed by atoms with van der Waals surface area (Å²) in [6, 6.07) is 26.0. The van der Waals surface area contributed by atoms with Gasteiger partial charge in [0, 0.05) is 101 Å². The number of nitrogens with one attached hydrogen (secondary N) is 1. The topological polar surface area (TPSA) is 80.8 Å². The molecule has 8 rings (SSSR count). The molecule has 3 saturated heterocycles. The van der Waals surface area contributed by atoms with Crippen LogP contribution < -0.4 is 19.7 Å². The van der Waals surface area contributed by atoms with Crippen LogP contribution in [0, 0.1) is 0 Å². The van der Waals surface area contributed by atoms with Gasteiger partial charge in [0.1, 0.15) is 12.4 Å². The molecule has 0 unspecified atom stereocenters. The van der Waals surface area contributed by atoms with Crippen molar-refractivity contribution < 1.29 is 23.7 Å². The van der Waals surface area contributed by atoms with Crippen LogP contribution in [-0.4, -0.2) is 120 Å². The standard InChI is InChI=1S/C41H49N5O5S2/c1-47-34-8-5-30(6-9-34)29-51-40-27-33(46-17-23-50-24-18-46)26-36(43-40)35-3-2-4-38-41(35)53-37-10-7-31(25-39(37)52-38)42-32(28-45-15-21-49-22-16-45)11-12-44-13-19-48-20-14-44/h2-10,25-27,32,42H,11-24,28-29H2,1H3/t32-/m1/s1. The Morgan fingerprint density at radius 1 is 0.755 bits per heavy atom. The van der Waals surface area contributed by atoms with E-state index in [-0.39, 0.29) is 0 Å². The van der Waals surface area contributed by atoms with E-state index in [0.29, 0.717) is 31.7 Å². The van der Waals surface area contributed by atoms with Crippen LogP contribution in [0.2, 0.25) is 0 Å². The van der Waals surface area contributed by atoms with Crippen LogP contribution in [0.5, 0.6) is 11.6 Å². The van der Waals surface area contributed by atoms with Crippen molar-refractivity contribution in [3.63, 3.8) is 0 Å². The Bertz CT molecular complexity index is 1810. The van der Waals surface area contributed by atoms with Gasteiger partial charge in [0.15, 0.2) is 0 Å². The highest BCUT2D eigenvalue weighted by atomic mass is 32.2. The molecule has 0 spiro atoms. The first kappa shape index (κ1) is 36.5. The van der Waals surface area contributed by atoms with Crippen molar-refractivity contribution in [1.29, 1.82) is 0 Å². The summed E-state index contributed by atoms with van der Waals surface area (Å²) in [5, 5.41) is 3.94. The van der Waals surface area contributed by atoms with Gasteiger partial charge in [-0.25, -0.2) is 4.98 Å². The lowest BCUT2D eigenvalue weighted by Gasteiger charge is -2.33. The summed E-state index contributed by atoms with van der Waals surface area (Å²) in [5.74, 6) is 1.44. The van der Waals surface area contributed by atoms with Gasteiger partial charge in [-0.2, -0.15) is 0 Å². The number of hydrogen-bond donors (Lipinski definition) is 1. The number of pyridine rings is 1. The zero-order valence-electron chi connectivity index (χ0n) is 30.5. The fourth-order valence-electron chi connectivity index (χ4n) is 7.18. The lowest BCUT2D eigenvalue weighted by atomic mass is 10.1. The van der Waals surface area contributed by atoms with E-state index in [4.69, 9.17) is 28.7 Å². The molecule has 10 nitrogen and oxygen atoms in total. The Kier molecular flexibility index (Phi) is 12.2. The molecule has 3 fully saturated rings. The van der Waals surface area contributed by atoms with Crippen LogP contribution in [0.25, 0.3) is 11.3 Å². The molecule has 1 aromatic heterocycles. The van der Waals surface area contributed by atoms with Crippen molar-refractivity contribution in [3.8, 4) is 22.9 Å². The average molecular weight is 756 g/mol. The third-order valence-electron chi connectivity index (χ3n) is 10.2. The summed E-state index contributed by atoms with van der Waals surface area (Å²) in [4.78, 5) is 17.6. The Morgan fingerprint density at radius 3 is 2.25 bits per heavy atom. The minimum atomic E-state index is 0.347. The molecule has 0 amide bonds. The Balaban J connectivity index is 1.01. The van der Waals surface area contributed by atoms with E-state index in [9.17, 15) is 0 Å². The zero-order valence-corrected chi connectivity index (χ0v) is 32.1. The highest BCUT2D eigenvalue weighted by molar-refractivity contribution is 8.05. The molecule has 0 radical (unpaired) electrons. The first-order valence-electron chi connectivity index (χ1n) is 18.8. The minimum Gasteiger partial charge on any atom is -0.497 e. The molecule has 1 N–H and O–H groups in total. The van der Waals surface area contributed by atoms with Crippen molar-refractivity contribution >= 4 is 34.9 Å². The van der Waals surface area contributed by atoms with Gasteiger partial charge in [0.05, 0.1) is 52.4 Å². The van der Waals surface area contributed by atoms with Crippen LogP contribution in [0.4, 0.5) is 11.4 Å². The molecule has 4 aliphatic rings. The summed E-state index contributed by atoms with van der Waals surface area (Å²) in [5.41, 5.74) is 5.37. The number of fused-ring (bicyclic) bond motifs is 2. The van der Waals surface area contributed by atoms with E-state index < -0.39 is 0 Å². The van der Waals surface area contributed by atoms with Gasteiger partial charge in [-0.15, -0.1) is 0 Å². The first-order chi connectivity index (χ1) is 26.2. The fourth-order valence-corrected chi connectivity index (χ4v) is 9.59. The molecule has 53 heavy (non-hydrogen) atoms. The number of morpholine rings is 3. The Hall–Kier alpha value is -3.49. The number of nitrogens with zero attached hydrogens (tertiary/aromatic N) is 4. The van der Waals surface area contributed by atoms with Crippen molar-refractivity contribution in [1.82, 2.24) is 14.8 Å². The van der Waals surface area contributed by atoms with Crippen LogP contribution in [-0.2, 0) is 20.8 Å². The van der Waals surface area contributed by atoms with E-state index >= 15 is 0 Å². The van der Waals surface area contributed by atoms with Gasteiger partial charge in [-0.1, -0.05) is 47.8 Å². The highest BCUT2D eigenvalue weighted by Crippen LogP contribution is 2.52. The van der Waals surface area contributed by atoms with Crippen molar-refractivity contribution in [2.75, 3.05) is 109 Å². The van der Waals surface area contributed by atoms with Crippen molar-refractivity contribution in [3.05, 3.63) is 78.4 Å². The number of methoxy groups -OCH3 is 1. The van der Waals surface area contributed by atoms with Gasteiger partial charge in [0.2, 0.25) is 5.88 Å². The second kappa shape index (κ2) is 17.8. The summed E-state index contributed by atoms with van der Waals surface area (Å²) in [6.45, 7) is 12.9. The average Bonchev–Trinajstić information content (AvgIpc) is 3.22. The van der Waals surface area contributed by atoms with E-state index in [1.54, 1.807) is 7.11 Å². The first-order valence-corrected chi connectivity index (χ1v) is 20.4. The summed E-state index contributed by atoms with van der Waals surface area (Å²) < 4.78 is 28.6. The third-order valence-corrected chi connectivity index (χ3v) is 12.8. The van der Waals surface area contributed by atoms with Gasteiger partial charge in [-0.3, -0.25) is 9.80 Å². The summed E-state index contributed by atoms with van der Waals surface area (Å²) >= 11 is 3.68. The second-order valence-electron chi connectivity index (χ2n) is 13.8. The smallest absolute Gasteiger partial charge is 0.216 e. The minimum absolute atomic E-state index is 0.347. The number of ether oxygens (including phenoxy) is 5. The number of rotatable bonds is 13. The van der Waals surface area contributed by atoms with Crippen LogP contribution in [0.15, 0.2) is 92.4 Å². The number of benzene rings is 3. The molecule has 0 aliphatic carbocycles. The van der Waals surface area contributed by atoms with Gasteiger partial charge < -0.3 is 33.9 Å². The Morgan fingerprint density at radius 2 is 1.49 bits per heavy atom. The molecule has 3 aromatic carbocycles. The molecule has 4 aromatic rings. The third kappa shape index (κ3) is 9.43. The largest absolute Gasteiger partial charge is 0.497 e. The predicted molar refractivity (Wildman–Crippen MR) is 211 cm³/mol. The summed E-state index contributed by atoms with van der Waals surface area (Å²) in [7, 11) is 1.68. The molecular weight excluding hydrogens is 707 g/mol. The molecule has 1 atom stereocenters. The molecule has 0 bridgehead atoms. The van der Waals surface area contributed by atoms with E-state index in [1.165, 1.54) is 25.3 Å². The summed E-state index contributed by atoms with van der Waals surface area (Å²) in [6.07, 6.45) is 1.09. The second-order valence-corrected chi connectivity index (χ2v) is 15.9. The maximum Gasteiger partial charge on any atom is 0.216 e. The quantitative estimate of drug-likeness (QED) is 0.140. The zero-order chi connectivity index (χ0) is 35.8. The van der Waals surface area contributed by atoms with E-state index in [1.807, 2.05) is 47.8 Å². The lowest BCUT2D eigenvalue weighted by Crippen LogP contribution is -2.45. The fraction of sp³-hybridized carbons (Fsp3) is 0.439. The maximum absolute atomic E-state index is 6.36. The number of anilines is 2. The van der Waals surface area contributed by atoms with Crippen LogP contribution in [0.1, 0.15) is 12.0 Å². The SMILES string of the molecule is COc1ccc(COc2cc(N3CCOCC3)cc(-c3cccc4c3Sc3ccc(N[C@H](CCN5CCOCC5)CN5CCOCC5)cc3S4)n2)cc1. The molecule has 12 heteroatoms. The molecule has 0 saturated carbocycles. The van der Waals surface area contributed by atoms with E-state index in [2.05, 4.69) is 68.5 Å². The van der Waals surface area contributed by atoms with Gasteiger partial charge in [-0.05, 0) is 54.4 Å². The number of hydrogen-bond acceptors (Lipinski definition) is 12. The van der Waals surface area contributed by atoms with Crippen molar-refractivity contribution in [2.45, 2.75) is 38.7 Å².